The molecule has 0 radical (unpaired) electrons. The van der Waals surface area contributed by atoms with Gasteiger partial charge >= 0.3 is 0 Å². The van der Waals surface area contributed by atoms with E-state index >= 15 is 0 Å². The average Bonchev–Trinajstić information content (AvgIpc) is 2.77. The van der Waals surface area contributed by atoms with Gasteiger partial charge in [-0.15, -0.1) is 0 Å². The predicted octanol–water partition coefficient (Wildman–Crippen LogP) is 3.01. The number of hydrogen-bond donors (Lipinski definition) is 1. The van der Waals surface area contributed by atoms with Gasteiger partial charge in [-0.05, 0) is 43.0 Å². The second-order valence-corrected chi connectivity index (χ2v) is 5.67. The number of nitrogens with one attached hydrogen (secondary N) is 1. The van der Waals surface area contributed by atoms with E-state index in [1.54, 1.807) is 7.11 Å². The second kappa shape index (κ2) is 6.94. The predicted molar refractivity (Wildman–Crippen MR) is 84.3 cm³/mol. The lowest BCUT2D eigenvalue weighted by atomic mass is 10.1. The third-order valence-corrected chi connectivity index (χ3v) is 4.03. The average molecular weight is 290 g/mol. The molecule has 1 fully saturated rings. The zero-order valence-electron chi connectivity index (χ0n) is 13.5. The van der Waals surface area contributed by atoms with Crippen LogP contribution in [0.3, 0.4) is 0 Å². The van der Waals surface area contributed by atoms with E-state index in [-0.39, 0.29) is 18.1 Å². The van der Waals surface area contributed by atoms with Crippen molar-refractivity contribution in [1.82, 2.24) is 10.2 Å². The van der Waals surface area contributed by atoms with Crippen molar-refractivity contribution in [3.8, 4) is 5.75 Å². The van der Waals surface area contributed by atoms with Crippen LogP contribution in [0, 0.1) is 6.92 Å². The zero-order chi connectivity index (χ0) is 15.4. The summed E-state index contributed by atoms with van der Waals surface area (Å²) in [7, 11) is 1.68. The van der Waals surface area contributed by atoms with E-state index in [2.05, 4.69) is 25.2 Å². The van der Waals surface area contributed by atoms with Crippen LogP contribution in [0.15, 0.2) is 18.2 Å². The molecule has 116 valence electrons. The molecule has 1 N–H and O–H groups in total. The summed E-state index contributed by atoms with van der Waals surface area (Å²) >= 11 is 0. The van der Waals surface area contributed by atoms with Crippen molar-refractivity contribution >= 4 is 5.91 Å². The maximum absolute atomic E-state index is 12.5. The summed E-state index contributed by atoms with van der Waals surface area (Å²) in [5, 5.41) is 3.49. The van der Waals surface area contributed by atoms with E-state index in [1.807, 2.05) is 24.0 Å². The third kappa shape index (κ3) is 3.21. The summed E-state index contributed by atoms with van der Waals surface area (Å²) in [6.07, 6.45) is 2.86. The van der Waals surface area contributed by atoms with Crippen molar-refractivity contribution in [2.45, 2.75) is 52.2 Å². The molecule has 1 aromatic rings. The first-order valence-electron chi connectivity index (χ1n) is 7.83. The van der Waals surface area contributed by atoms with E-state index in [4.69, 9.17) is 4.74 Å². The lowest BCUT2D eigenvalue weighted by Crippen LogP contribution is -2.31. The van der Waals surface area contributed by atoms with Gasteiger partial charge in [0.05, 0.1) is 13.2 Å². The van der Waals surface area contributed by atoms with E-state index in [0.29, 0.717) is 0 Å². The van der Waals surface area contributed by atoms with Crippen LogP contribution in [0.5, 0.6) is 5.75 Å². The molecule has 2 rings (SSSR count). The first-order valence-corrected chi connectivity index (χ1v) is 7.83. The topological polar surface area (TPSA) is 41.6 Å². The Balaban J connectivity index is 2.27. The minimum Gasteiger partial charge on any atom is -0.496 e. The lowest BCUT2D eigenvalue weighted by molar-refractivity contribution is -0.130. The van der Waals surface area contributed by atoms with E-state index in [1.165, 1.54) is 0 Å². The molecule has 1 heterocycles. The number of hydrogen-bond acceptors (Lipinski definition) is 3. The zero-order valence-corrected chi connectivity index (χ0v) is 13.5. The Morgan fingerprint density at radius 2 is 2.05 bits per heavy atom. The number of benzene rings is 1. The van der Waals surface area contributed by atoms with Gasteiger partial charge in [-0.2, -0.15) is 0 Å². The van der Waals surface area contributed by atoms with Crippen LogP contribution in [-0.4, -0.2) is 30.5 Å². The minimum absolute atomic E-state index is 0.0152. The summed E-state index contributed by atoms with van der Waals surface area (Å²) in [6, 6.07) is 6.09. The van der Waals surface area contributed by atoms with Crippen molar-refractivity contribution in [3.05, 3.63) is 29.3 Å². The standard InChI is InChI=1S/C17H26N2O2/c1-5-7-14-17(20)19(10-6-2)16(18-14)13-8-9-15(21-4)12(3)11-13/h8-9,11,14,16,18H,5-7,10H2,1-4H3. The molecule has 1 aliphatic heterocycles. The Kier molecular flexibility index (Phi) is 5.23. The molecule has 1 amide bonds. The smallest absolute Gasteiger partial charge is 0.241 e. The number of rotatable bonds is 6. The molecular formula is C17H26N2O2. The molecular weight excluding hydrogens is 264 g/mol. The highest BCUT2D eigenvalue weighted by molar-refractivity contribution is 5.84. The van der Waals surface area contributed by atoms with Gasteiger partial charge in [0.1, 0.15) is 11.9 Å². The number of amides is 1. The van der Waals surface area contributed by atoms with E-state index < -0.39 is 0 Å². The number of methoxy groups -OCH3 is 1. The lowest BCUT2D eigenvalue weighted by Gasteiger charge is -2.24. The molecule has 21 heavy (non-hydrogen) atoms. The Bertz CT molecular complexity index is 502. The van der Waals surface area contributed by atoms with Crippen LogP contribution in [0.4, 0.5) is 0 Å². The summed E-state index contributed by atoms with van der Waals surface area (Å²) in [6.45, 7) is 7.05. The van der Waals surface area contributed by atoms with Crippen molar-refractivity contribution in [1.29, 1.82) is 0 Å². The van der Waals surface area contributed by atoms with Crippen LogP contribution >= 0.6 is 0 Å². The molecule has 0 bridgehead atoms. The third-order valence-electron chi connectivity index (χ3n) is 4.03. The maximum atomic E-state index is 12.5. The molecule has 0 spiro atoms. The Hall–Kier alpha value is -1.55. The molecule has 0 aliphatic carbocycles. The second-order valence-electron chi connectivity index (χ2n) is 5.67. The van der Waals surface area contributed by atoms with E-state index in [9.17, 15) is 4.79 Å². The van der Waals surface area contributed by atoms with Crippen molar-refractivity contribution in [2.75, 3.05) is 13.7 Å². The molecule has 2 atom stereocenters. The molecule has 2 unspecified atom stereocenters. The molecule has 1 aromatic carbocycles. The molecule has 0 aromatic heterocycles. The highest BCUT2D eigenvalue weighted by atomic mass is 16.5. The van der Waals surface area contributed by atoms with Crippen LogP contribution in [0.2, 0.25) is 0 Å². The highest BCUT2D eigenvalue weighted by Gasteiger charge is 2.38. The molecule has 0 saturated carbocycles. The van der Waals surface area contributed by atoms with Gasteiger partial charge in [-0.3, -0.25) is 10.1 Å². The van der Waals surface area contributed by atoms with Crippen LogP contribution in [0.1, 0.15) is 50.4 Å². The summed E-state index contributed by atoms with van der Waals surface area (Å²) < 4.78 is 5.32. The first-order chi connectivity index (χ1) is 10.1. The van der Waals surface area contributed by atoms with Gasteiger partial charge in [0.2, 0.25) is 5.91 Å². The monoisotopic (exact) mass is 290 g/mol. The van der Waals surface area contributed by atoms with Gasteiger partial charge in [-0.1, -0.05) is 26.3 Å². The van der Waals surface area contributed by atoms with E-state index in [0.717, 1.165) is 42.7 Å². The van der Waals surface area contributed by atoms with Gasteiger partial charge in [0, 0.05) is 6.54 Å². The number of carbonyl (C=O) groups is 1. The first kappa shape index (κ1) is 15.8. The van der Waals surface area contributed by atoms with Gasteiger partial charge in [0.25, 0.3) is 0 Å². The van der Waals surface area contributed by atoms with Crippen molar-refractivity contribution in [2.24, 2.45) is 0 Å². The Morgan fingerprint density at radius 1 is 1.29 bits per heavy atom. The fraction of sp³-hybridized carbons (Fsp3) is 0.588. The maximum Gasteiger partial charge on any atom is 0.241 e. The van der Waals surface area contributed by atoms with Crippen LogP contribution < -0.4 is 10.1 Å². The molecule has 1 aliphatic rings. The SMILES string of the molecule is CCCC1NC(c2ccc(OC)c(C)c2)N(CCC)C1=O. The number of nitrogens with zero attached hydrogens (tertiary/aromatic N) is 1. The van der Waals surface area contributed by atoms with Crippen LogP contribution in [-0.2, 0) is 4.79 Å². The minimum atomic E-state index is -0.0473. The quantitative estimate of drug-likeness (QED) is 0.875. The van der Waals surface area contributed by atoms with Gasteiger partial charge in [0.15, 0.2) is 0 Å². The normalized spacial score (nSPS) is 21.9. The Labute approximate surface area is 127 Å². The van der Waals surface area contributed by atoms with Crippen LogP contribution in [0.25, 0.3) is 0 Å². The Morgan fingerprint density at radius 3 is 2.62 bits per heavy atom. The fourth-order valence-electron chi connectivity index (χ4n) is 3.00. The molecule has 4 heteroatoms. The van der Waals surface area contributed by atoms with Crippen molar-refractivity contribution < 1.29 is 9.53 Å². The highest BCUT2D eigenvalue weighted by Crippen LogP contribution is 2.30. The summed E-state index contributed by atoms with van der Waals surface area (Å²) in [4.78, 5) is 14.5. The number of carbonyl (C=O) groups excluding carboxylic acids is 1. The number of ether oxygens (including phenoxy) is 1. The number of aryl methyl sites for hydroxylation is 1. The summed E-state index contributed by atoms with van der Waals surface area (Å²) in [5.74, 6) is 1.12. The van der Waals surface area contributed by atoms with Gasteiger partial charge in [-0.25, -0.2) is 0 Å². The van der Waals surface area contributed by atoms with Crippen molar-refractivity contribution in [3.63, 3.8) is 0 Å². The molecule has 1 saturated heterocycles. The van der Waals surface area contributed by atoms with Gasteiger partial charge < -0.3 is 9.64 Å². The largest absolute Gasteiger partial charge is 0.496 e. The molecule has 4 nitrogen and oxygen atoms in total. The summed E-state index contributed by atoms with van der Waals surface area (Å²) in [5.41, 5.74) is 2.23. The fourth-order valence-corrected chi connectivity index (χ4v) is 3.00.